The summed E-state index contributed by atoms with van der Waals surface area (Å²) in [5.41, 5.74) is 5.75. The Balaban J connectivity index is 2.09. The minimum absolute atomic E-state index is 0.0299. The predicted octanol–water partition coefficient (Wildman–Crippen LogP) is 2.54. The van der Waals surface area contributed by atoms with Gasteiger partial charge < -0.3 is 10.5 Å². The van der Waals surface area contributed by atoms with Crippen molar-refractivity contribution in [1.82, 2.24) is 0 Å². The Morgan fingerprint density at radius 2 is 1.88 bits per heavy atom. The summed E-state index contributed by atoms with van der Waals surface area (Å²) in [5, 5.41) is 0. The van der Waals surface area contributed by atoms with Crippen molar-refractivity contribution in [2.45, 2.75) is 24.6 Å². The molecule has 0 amide bonds. The number of hydrogen-bond acceptors (Lipinski definition) is 2. The van der Waals surface area contributed by atoms with E-state index < -0.39 is 11.7 Å². The van der Waals surface area contributed by atoms with Crippen LogP contribution >= 0.6 is 0 Å². The monoisotopic (exact) mass is 245 g/mol. The van der Waals surface area contributed by atoms with Gasteiger partial charge in [0.2, 0.25) is 0 Å². The van der Waals surface area contributed by atoms with Crippen LogP contribution in [0.3, 0.4) is 0 Å². The van der Waals surface area contributed by atoms with Gasteiger partial charge in [0.1, 0.15) is 0 Å². The lowest BCUT2D eigenvalue weighted by atomic mass is 9.95. The van der Waals surface area contributed by atoms with Gasteiger partial charge in [0, 0.05) is 12.5 Å². The average Bonchev–Trinajstić information content (AvgIpc) is 2.76. The van der Waals surface area contributed by atoms with Crippen molar-refractivity contribution in [3.05, 3.63) is 35.4 Å². The van der Waals surface area contributed by atoms with Crippen LogP contribution in [-0.2, 0) is 10.9 Å². The number of halogens is 3. The molecule has 1 aromatic rings. The van der Waals surface area contributed by atoms with Gasteiger partial charge in [-0.2, -0.15) is 13.2 Å². The quantitative estimate of drug-likeness (QED) is 0.869. The third-order valence-electron chi connectivity index (χ3n) is 3.05. The fourth-order valence-corrected chi connectivity index (χ4v) is 2.05. The zero-order chi connectivity index (χ0) is 12.5. The third kappa shape index (κ3) is 2.79. The first-order valence-electron chi connectivity index (χ1n) is 5.49. The highest BCUT2D eigenvalue weighted by Gasteiger charge is 2.31. The van der Waals surface area contributed by atoms with Crippen molar-refractivity contribution in [2.75, 3.05) is 13.2 Å². The van der Waals surface area contributed by atoms with Crippen LogP contribution in [0.2, 0.25) is 0 Å². The number of ether oxygens (including phenoxy) is 1. The second-order valence-corrected chi connectivity index (χ2v) is 4.24. The Kier molecular flexibility index (Phi) is 3.40. The molecule has 2 atom stereocenters. The number of alkyl halides is 3. The van der Waals surface area contributed by atoms with Crippen LogP contribution in [0, 0.1) is 0 Å². The van der Waals surface area contributed by atoms with Gasteiger partial charge in [-0.1, -0.05) is 12.1 Å². The van der Waals surface area contributed by atoms with E-state index in [0.717, 1.165) is 24.1 Å². The van der Waals surface area contributed by atoms with Gasteiger partial charge in [-0.25, -0.2) is 0 Å². The van der Waals surface area contributed by atoms with Gasteiger partial charge in [-0.15, -0.1) is 0 Å². The lowest BCUT2D eigenvalue weighted by Crippen LogP contribution is -2.18. The minimum atomic E-state index is -4.27. The Bertz CT molecular complexity index is 374. The molecule has 2 nitrogen and oxygen atoms in total. The Morgan fingerprint density at radius 1 is 1.24 bits per heavy atom. The van der Waals surface area contributed by atoms with E-state index in [1.807, 2.05) is 0 Å². The molecule has 94 valence electrons. The highest BCUT2D eigenvalue weighted by molar-refractivity contribution is 5.27. The van der Waals surface area contributed by atoms with Crippen molar-refractivity contribution in [3.8, 4) is 0 Å². The molecule has 1 aliphatic rings. The van der Waals surface area contributed by atoms with E-state index in [9.17, 15) is 13.2 Å². The zero-order valence-corrected chi connectivity index (χ0v) is 9.20. The fourth-order valence-electron chi connectivity index (χ4n) is 2.05. The SMILES string of the molecule is NC[C@H]1C[C@H](c2ccc(C(F)(F)F)cc2)CO1. The molecule has 1 saturated heterocycles. The maximum Gasteiger partial charge on any atom is 0.416 e. The summed E-state index contributed by atoms with van der Waals surface area (Å²) in [6.07, 6.45) is -3.46. The van der Waals surface area contributed by atoms with Gasteiger partial charge in [-0.05, 0) is 24.1 Å². The molecule has 1 aromatic carbocycles. The van der Waals surface area contributed by atoms with E-state index in [-0.39, 0.29) is 12.0 Å². The van der Waals surface area contributed by atoms with Crippen molar-refractivity contribution in [3.63, 3.8) is 0 Å². The maximum atomic E-state index is 12.4. The van der Waals surface area contributed by atoms with E-state index in [1.165, 1.54) is 12.1 Å². The molecule has 0 aliphatic carbocycles. The zero-order valence-electron chi connectivity index (χ0n) is 9.20. The van der Waals surface area contributed by atoms with E-state index in [1.54, 1.807) is 0 Å². The molecular weight excluding hydrogens is 231 g/mol. The molecule has 0 unspecified atom stereocenters. The molecule has 17 heavy (non-hydrogen) atoms. The van der Waals surface area contributed by atoms with Crippen LogP contribution in [0.4, 0.5) is 13.2 Å². The predicted molar refractivity (Wildman–Crippen MR) is 57.6 cm³/mol. The second kappa shape index (κ2) is 4.66. The third-order valence-corrected chi connectivity index (χ3v) is 3.05. The second-order valence-electron chi connectivity index (χ2n) is 4.24. The van der Waals surface area contributed by atoms with Gasteiger partial charge in [-0.3, -0.25) is 0 Å². The molecule has 0 spiro atoms. The molecule has 1 fully saturated rings. The Labute approximate surface area is 97.6 Å². The van der Waals surface area contributed by atoms with Crippen molar-refractivity contribution >= 4 is 0 Å². The minimum Gasteiger partial charge on any atom is -0.376 e. The highest BCUT2D eigenvalue weighted by atomic mass is 19.4. The first-order chi connectivity index (χ1) is 8.00. The summed E-state index contributed by atoms with van der Waals surface area (Å²) in [6.45, 7) is 0.990. The number of hydrogen-bond donors (Lipinski definition) is 1. The van der Waals surface area contributed by atoms with E-state index in [2.05, 4.69) is 0 Å². The molecule has 1 aliphatic heterocycles. The maximum absolute atomic E-state index is 12.4. The first-order valence-corrected chi connectivity index (χ1v) is 5.49. The standard InChI is InChI=1S/C12H14F3NO/c13-12(14,15)10-3-1-8(2-4-10)9-5-11(6-16)17-7-9/h1-4,9,11H,5-7,16H2/t9-,11+/m0/s1. The number of nitrogens with two attached hydrogens (primary N) is 1. The number of benzene rings is 1. The molecule has 0 aromatic heterocycles. The normalized spacial score (nSPS) is 25.2. The van der Waals surface area contributed by atoms with Gasteiger partial charge in [0.15, 0.2) is 0 Å². The molecular formula is C12H14F3NO. The summed E-state index contributed by atoms with van der Waals surface area (Å²) in [5.74, 6) is 0.158. The summed E-state index contributed by atoms with van der Waals surface area (Å²) < 4.78 is 42.5. The van der Waals surface area contributed by atoms with Crippen LogP contribution in [0.5, 0.6) is 0 Å². The molecule has 1 heterocycles. The van der Waals surface area contributed by atoms with Crippen molar-refractivity contribution < 1.29 is 17.9 Å². The van der Waals surface area contributed by atoms with E-state index >= 15 is 0 Å². The molecule has 0 radical (unpaired) electrons. The summed E-state index contributed by atoms with van der Waals surface area (Å²) in [4.78, 5) is 0. The van der Waals surface area contributed by atoms with Crippen molar-refractivity contribution in [2.24, 2.45) is 5.73 Å². The van der Waals surface area contributed by atoms with E-state index in [0.29, 0.717) is 13.2 Å². The number of rotatable bonds is 2. The molecule has 2 N–H and O–H groups in total. The molecule has 0 bridgehead atoms. The Hall–Kier alpha value is -1.07. The van der Waals surface area contributed by atoms with Crippen LogP contribution in [0.15, 0.2) is 24.3 Å². The summed E-state index contributed by atoms with van der Waals surface area (Å²) >= 11 is 0. The van der Waals surface area contributed by atoms with Crippen LogP contribution in [0.25, 0.3) is 0 Å². The van der Waals surface area contributed by atoms with Crippen LogP contribution in [-0.4, -0.2) is 19.3 Å². The first kappa shape index (κ1) is 12.4. The largest absolute Gasteiger partial charge is 0.416 e. The lowest BCUT2D eigenvalue weighted by molar-refractivity contribution is -0.137. The van der Waals surface area contributed by atoms with Gasteiger partial charge in [0.25, 0.3) is 0 Å². The fraction of sp³-hybridized carbons (Fsp3) is 0.500. The lowest BCUT2D eigenvalue weighted by Gasteiger charge is -2.11. The van der Waals surface area contributed by atoms with Crippen LogP contribution < -0.4 is 5.73 Å². The average molecular weight is 245 g/mol. The van der Waals surface area contributed by atoms with Crippen molar-refractivity contribution in [1.29, 1.82) is 0 Å². The Morgan fingerprint density at radius 3 is 2.35 bits per heavy atom. The van der Waals surface area contributed by atoms with E-state index in [4.69, 9.17) is 10.5 Å². The molecule has 5 heteroatoms. The van der Waals surface area contributed by atoms with Gasteiger partial charge in [0.05, 0.1) is 18.3 Å². The van der Waals surface area contributed by atoms with Gasteiger partial charge >= 0.3 is 6.18 Å². The molecule has 0 saturated carbocycles. The summed E-state index contributed by atoms with van der Waals surface area (Å²) in [7, 11) is 0. The topological polar surface area (TPSA) is 35.2 Å². The highest BCUT2D eigenvalue weighted by Crippen LogP contribution is 2.33. The molecule has 2 rings (SSSR count). The summed E-state index contributed by atoms with van der Waals surface area (Å²) in [6, 6.07) is 5.28. The van der Waals surface area contributed by atoms with Crippen LogP contribution in [0.1, 0.15) is 23.5 Å². The smallest absolute Gasteiger partial charge is 0.376 e.